The number of carbonyl (C=O) groups is 1. The quantitative estimate of drug-likeness (QED) is 0.829. The third-order valence-corrected chi connectivity index (χ3v) is 3.94. The van der Waals surface area contributed by atoms with Crippen LogP contribution < -0.4 is 0 Å². The zero-order valence-electron chi connectivity index (χ0n) is 13.6. The Morgan fingerprint density at radius 3 is 2.36 bits per heavy atom. The lowest BCUT2D eigenvalue weighted by Gasteiger charge is -2.34. The molecule has 1 fully saturated rings. The van der Waals surface area contributed by atoms with Crippen molar-refractivity contribution in [2.75, 3.05) is 32.7 Å². The Morgan fingerprint density at radius 2 is 1.77 bits per heavy atom. The summed E-state index contributed by atoms with van der Waals surface area (Å²) in [6.07, 6.45) is 6.02. The van der Waals surface area contributed by atoms with Gasteiger partial charge in [-0.1, -0.05) is 48.9 Å². The molecule has 0 saturated carbocycles. The summed E-state index contributed by atoms with van der Waals surface area (Å²) in [5, 5.41) is 0. The monoisotopic (exact) mass is 322 g/mol. The molecule has 0 aliphatic carbocycles. The largest absolute Gasteiger partial charge is 0.340 e. The number of hydrogen-bond donors (Lipinski definition) is 0. The van der Waals surface area contributed by atoms with Gasteiger partial charge in [0.15, 0.2) is 0 Å². The molecule has 1 heterocycles. The Balaban J connectivity index is 0.00000242. The summed E-state index contributed by atoms with van der Waals surface area (Å²) in [6.45, 7) is 8.83. The van der Waals surface area contributed by atoms with E-state index >= 15 is 0 Å². The first kappa shape index (κ1) is 18.7. The highest BCUT2D eigenvalue weighted by Crippen LogP contribution is 2.07. The molecule has 22 heavy (non-hydrogen) atoms. The zero-order valence-corrected chi connectivity index (χ0v) is 14.4. The fourth-order valence-electron chi connectivity index (χ4n) is 2.57. The minimum Gasteiger partial charge on any atom is -0.340 e. The maximum Gasteiger partial charge on any atom is 0.222 e. The second-order valence-electron chi connectivity index (χ2n) is 5.74. The first-order chi connectivity index (χ1) is 10.2. The highest BCUT2D eigenvalue weighted by atomic mass is 35.5. The molecule has 0 radical (unpaired) electrons. The van der Waals surface area contributed by atoms with E-state index in [2.05, 4.69) is 55.2 Å². The second kappa shape index (κ2) is 9.65. The van der Waals surface area contributed by atoms with Gasteiger partial charge in [-0.3, -0.25) is 9.69 Å². The zero-order chi connectivity index (χ0) is 15.1. The Morgan fingerprint density at radius 1 is 1.14 bits per heavy atom. The van der Waals surface area contributed by atoms with Crippen LogP contribution in [0.5, 0.6) is 0 Å². The fraction of sp³-hybridized carbons (Fsp3) is 0.500. The predicted octanol–water partition coefficient (Wildman–Crippen LogP) is 3.37. The fourth-order valence-corrected chi connectivity index (χ4v) is 2.57. The Kier molecular flexibility index (Phi) is 8.21. The molecule has 1 aliphatic rings. The number of amides is 1. The molecular formula is C18H27ClN2O. The van der Waals surface area contributed by atoms with Crippen molar-refractivity contribution in [1.82, 2.24) is 9.80 Å². The molecule has 1 aromatic rings. The van der Waals surface area contributed by atoms with Gasteiger partial charge in [0, 0.05) is 39.1 Å². The number of hydrogen-bond acceptors (Lipinski definition) is 2. The molecule has 2 rings (SSSR count). The third kappa shape index (κ3) is 5.82. The van der Waals surface area contributed by atoms with Crippen LogP contribution >= 0.6 is 12.4 Å². The van der Waals surface area contributed by atoms with E-state index < -0.39 is 0 Å². The highest BCUT2D eigenvalue weighted by Gasteiger charge is 2.19. The average Bonchev–Trinajstić information content (AvgIpc) is 2.50. The smallest absolute Gasteiger partial charge is 0.222 e. The van der Waals surface area contributed by atoms with E-state index in [-0.39, 0.29) is 12.4 Å². The van der Waals surface area contributed by atoms with Gasteiger partial charge in [0.25, 0.3) is 0 Å². The molecule has 0 aromatic heterocycles. The van der Waals surface area contributed by atoms with E-state index in [1.807, 2.05) is 4.90 Å². The van der Waals surface area contributed by atoms with Crippen LogP contribution in [0.3, 0.4) is 0 Å². The highest BCUT2D eigenvalue weighted by molar-refractivity contribution is 5.85. The van der Waals surface area contributed by atoms with Crippen LogP contribution in [0.4, 0.5) is 0 Å². The Labute approximate surface area is 140 Å². The molecule has 0 spiro atoms. The molecule has 3 nitrogen and oxygen atoms in total. The molecule has 1 aliphatic heterocycles. The molecule has 0 N–H and O–H groups in total. The molecule has 0 unspecified atom stereocenters. The lowest BCUT2D eigenvalue weighted by atomic mass is 10.1. The molecule has 1 amide bonds. The van der Waals surface area contributed by atoms with Gasteiger partial charge >= 0.3 is 0 Å². The number of aryl methyl sites for hydroxylation is 1. The van der Waals surface area contributed by atoms with E-state index in [0.29, 0.717) is 12.3 Å². The van der Waals surface area contributed by atoms with Gasteiger partial charge in [-0.15, -0.1) is 12.4 Å². The van der Waals surface area contributed by atoms with E-state index in [1.54, 1.807) is 0 Å². The summed E-state index contributed by atoms with van der Waals surface area (Å²) in [4.78, 5) is 16.2. The lowest BCUT2D eigenvalue weighted by molar-refractivity contribution is -0.132. The van der Waals surface area contributed by atoms with Gasteiger partial charge in [0.05, 0.1) is 0 Å². The van der Waals surface area contributed by atoms with Crippen LogP contribution in [0.1, 0.15) is 30.9 Å². The van der Waals surface area contributed by atoms with Gasteiger partial charge in [0.2, 0.25) is 5.91 Å². The summed E-state index contributed by atoms with van der Waals surface area (Å²) in [5.74, 6) is 0.312. The van der Waals surface area contributed by atoms with Crippen molar-refractivity contribution in [1.29, 1.82) is 0 Å². The van der Waals surface area contributed by atoms with Crippen molar-refractivity contribution < 1.29 is 4.79 Å². The van der Waals surface area contributed by atoms with Crippen molar-refractivity contribution in [3.8, 4) is 0 Å². The van der Waals surface area contributed by atoms with Gasteiger partial charge in [0.1, 0.15) is 0 Å². The van der Waals surface area contributed by atoms with Crippen molar-refractivity contribution in [2.24, 2.45) is 0 Å². The first-order valence-corrected chi connectivity index (χ1v) is 7.92. The van der Waals surface area contributed by atoms with Crippen LogP contribution in [0, 0.1) is 6.92 Å². The van der Waals surface area contributed by atoms with Crippen LogP contribution in [0.25, 0.3) is 6.08 Å². The Hall–Kier alpha value is -1.32. The molecular weight excluding hydrogens is 296 g/mol. The van der Waals surface area contributed by atoms with E-state index in [1.165, 1.54) is 11.1 Å². The summed E-state index contributed by atoms with van der Waals surface area (Å²) in [5.41, 5.74) is 2.54. The number of nitrogens with zero attached hydrogens (tertiary/aromatic N) is 2. The molecule has 1 aromatic carbocycles. The van der Waals surface area contributed by atoms with Crippen molar-refractivity contribution in [3.63, 3.8) is 0 Å². The normalized spacial score (nSPS) is 15.8. The van der Waals surface area contributed by atoms with Crippen LogP contribution in [-0.4, -0.2) is 48.4 Å². The van der Waals surface area contributed by atoms with Crippen molar-refractivity contribution in [3.05, 3.63) is 41.5 Å². The number of benzene rings is 1. The molecule has 0 bridgehead atoms. The molecule has 1 saturated heterocycles. The number of carbonyl (C=O) groups excluding carboxylic acids is 1. The Bertz CT molecular complexity index is 476. The number of halogens is 1. The maximum atomic E-state index is 11.8. The molecule has 0 atom stereocenters. The van der Waals surface area contributed by atoms with Crippen LogP contribution in [0.2, 0.25) is 0 Å². The predicted molar refractivity (Wildman–Crippen MR) is 95.4 cm³/mol. The van der Waals surface area contributed by atoms with Gasteiger partial charge in [-0.25, -0.2) is 0 Å². The minimum atomic E-state index is 0. The average molecular weight is 323 g/mol. The molecule has 122 valence electrons. The van der Waals surface area contributed by atoms with Crippen LogP contribution in [-0.2, 0) is 4.79 Å². The molecule has 4 heteroatoms. The topological polar surface area (TPSA) is 23.6 Å². The lowest BCUT2D eigenvalue weighted by Crippen LogP contribution is -2.48. The summed E-state index contributed by atoms with van der Waals surface area (Å²) >= 11 is 0. The standard InChI is InChI=1S/C18H26N2O.ClH/c1-3-5-18(21)20-14-12-19(13-15-20)11-4-6-17-9-7-16(2)8-10-17;/h4,6-10H,3,5,11-15H2,1-2H3;1H/b6-4+;. The second-order valence-corrected chi connectivity index (χ2v) is 5.74. The maximum absolute atomic E-state index is 11.8. The van der Waals surface area contributed by atoms with Crippen LogP contribution in [0.15, 0.2) is 30.3 Å². The summed E-state index contributed by atoms with van der Waals surface area (Å²) in [7, 11) is 0. The van der Waals surface area contributed by atoms with Gasteiger partial charge in [-0.05, 0) is 18.9 Å². The summed E-state index contributed by atoms with van der Waals surface area (Å²) < 4.78 is 0. The summed E-state index contributed by atoms with van der Waals surface area (Å²) in [6, 6.07) is 8.57. The van der Waals surface area contributed by atoms with E-state index in [9.17, 15) is 4.79 Å². The van der Waals surface area contributed by atoms with Crippen molar-refractivity contribution in [2.45, 2.75) is 26.7 Å². The number of rotatable bonds is 5. The van der Waals surface area contributed by atoms with E-state index in [4.69, 9.17) is 0 Å². The third-order valence-electron chi connectivity index (χ3n) is 3.94. The minimum absolute atomic E-state index is 0. The SMILES string of the molecule is CCCC(=O)N1CCN(C/C=C/c2ccc(C)cc2)CC1.Cl. The first-order valence-electron chi connectivity index (χ1n) is 7.92. The van der Waals surface area contributed by atoms with Gasteiger partial charge < -0.3 is 4.90 Å². The van der Waals surface area contributed by atoms with E-state index in [0.717, 1.165) is 39.1 Å². The number of piperazine rings is 1. The van der Waals surface area contributed by atoms with Gasteiger partial charge in [-0.2, -0.15) is 0 Å². The van der Waals surface area contributed by atoms with Crippen molar-refractivity contribution >= 4 is 24.4 Å².